The van der Waals surface area contributed by atoms with Crippen LogP contribution in [0.2, 0.25) is 11.6 Å². The molecule has 0 amide bonds. The lowest BCUT2D eigenvalue weighted by Crippen LogP contribution is -2.29. The first-order chi connectivity index (χ1) is 14.4. The van der Waals surface area contributed by atoms with E-state index in [2.05, 4.69) is 13.8 Å². The Bertz CT molecular complexity index is 314. The summed E-state index contributed by atoms with van der Waals surface area (Å²) in [4.78, 5) is 0. The molecule has 0 saturated carbocycles. The number of rotatable bonds is 21. The van der Waals surface area contributed by atoms with Crippen molar-refractivity contribution in [3.05, 3.63) is 0 Å². The Labute approximate surface area is 186 Å². The summed E-state index contributed by atoms with van der Waals surface area (Å²) in [7, 11) is -0.889. The van der Waals surface area contributed by atoms with Crippen molar-refractivity contribution in [3.63, 3.8) is 0 Å². The summed E-state index contributed by atoms with van der Waals surface area (Å²) < 4.78 is 6.32. The van der Waals surface area contributed by atoms with Crippen LogP contribution in [-0.4, -0.2) is 15.6 Å². The smallest absolute Gasteiger partial charge is 0.179 e. The van der Waals surface area contributed by atoms with Crippen molar-refractivity contribution in [2.24, 2.45) is 0 Å². The third-order valence-electron chi connectivity index (χ3n) is 7.10. The molecule has 0 aromatic rings. The first kappa shape index (κ1) is 27.2. The molecule has 2 atom stereocenters. The predicted molar refractivity (Wildman–Crippen MR) is 135 cm³/mol. The molecule has 174 valence electrons. The SMILES string of the molecule is CCCCCCCCCCCCCCCC(CCCCCCC)[SiH]1CCCCO1. The molecule has 29 heavy (non-hydrogen) atoms. The first-order valence-corrected chi connectivity index (χ1v) is 16.0. The van der Waals surface area contributed by atoms with Gasteiger partial charge < -0.3 is 4.43 Å². The van der Waals surface area contributed by atoms with E-state index < -0.39 is 9.04 Å². The Balaban J connectivity index is 1.99. The molecule has 1 heterocycles. The molecule has 0 aromatic carbocycles. The van der Waals surface area contributed by atoms with Crippen LogP contribution in [0, 0.1) is 0 Å². The highest BCUT2D eigenvalue weighted by Gasteiger charge is 2.25. The first-order valence-electron chi connectivity index (χ1n) is 14.0. The highest BCUT2D eigenvalue weighted by Crippen LogP contribution is 2.32. The minimum absolute atomic E-state index is 0.889. The van der Waals surface area contributed by atoms with E-state index in [0.717, 1.165) is 12.1 Å². The van der Waals surface area contributed by atoms with Crippen LogP contribution in [0.3, 0.4) is 0 Å². The van der Waals surface area contributed by atoms with Gasteiger partial charge in [-0.3, -0.25) is 0 Å². The van der Waals surface area contributed by atoms with Gasteiger partial charge in [0.1, 0.15) is 0 Å². The Kier molecular flexibility index (Phi) is 20.1. The highest BCUT2D eigenvalue weighted by molar-refractivity contribution is 6.53. The van der Waals surface area contributed by atoms with Crippen LogP contribution in [0.15, 0.2) is 0 Å². The summed E-state index contributed by atoms with van der Waals surface area (Å²) in [5, 5.41) is 0. The minimum Gasteiger partial charge on any atom is -0.420 e. The molecule has 2 heteroatoms. The zero-order valence-corrected chi connectivity index (χ0v) is 21.7. The molecule has 1 aliphatic heterocycles. The maximum absolute atomic E-state index is 6.32. The third-order valence-corrected chi connectivity index (χ3v) is 10.5. The van der Waals surface area contributed by atoms with E-state index in [-0.39, 0.29) is 0 Å². The lowest BCUT2D eigenvalue weighted by Gasteiger charge is -2.29. The number of unbranched alkanes of at least 4 members (excludes halogenated alkanes) is 16. The lowest BCUT2D eigenvalue weighted by molar-refractivity contribution is 0.274. The molecule has 0 aliphatic carbocycles. The van der Waals surface area contributed by atoms with E-state index >= 15 is 0 Å². The fraction of sp³-hybridized carbons (Fsp3) is 1.00. The van der Waals surface area contributed by atoms with Crippen molar-refractivity contribution in [2.45, 2.75) is 167 Å². The van der Waals surface area contributed by atoms with E-state index in [1.165, 1.54) is 147 Å². The van der Waals surface area contributed by atoms with Gasteiger partial charge in [0.25, 0.3) is 0 Å². The van der Waals surface area contributed by atoms with Gasteiger partial charge in [-0.2, -0.15) is 0 Å². The molecule has 1 nitrogen and oxygen atoms in total. The van der Waals surface area contributed by atoms with Crippen LogP contribution in [0.25, 0.3) is 0 Å². The largest absolute Gasteiger partial charge is 0.420 e. The van der Waals surface area contributed by atoms with Gasteiger partial charge in [-0.1, -0.05) is 149 Å². The average Bonchev–Trinajstić information content (AvgIpc) is 2.76. The molecule has 1 aliphatic rings. The van der Waals surface area contributed by atoms with Crippen molar-refractivity contribution >= 4 is 9.04 Å². The molecule has 1 fully saturated rings. The molecule has 0 radical (unpaired) electrons. The molecule has 0 aromatic heterocycles. The van der Waals surface area contributed by atoms with Crippen LogP contribution >= 0.6 is 0 Å². The van der Waals surface area contributed by atoms with Crippen LogP contribution < -0.4 is 0 Å². The zero-order chi connectivity index (χ0) is 20.8. The topological polar surface area (TPSA) is 9.23 Å². The summed E-state index contributed by atoms with van der Waals surface area (Å²) >= 11 is 0. The predicted octanol–water partition coefficient (Wildman–Crippen LogP) is 9.73. The summed E-state index contributed by atoms with van der Waals surface area (Å²) in [6.45, 7) is 5.71. The van der Waals surface area contributed by atoms with Crippen molar-refractivity contribution in [3.8, 4) is 0 Å². The van der Waals surface area contributed by atoms with Crippen LogP contribution in [-0.2, 0) is 4.43 Å². The van der Waals surface area contributed by atoms with Crippen LogP contribution in [0.4, 0.5) is 0 Å². The van der Waals surface area contributed by atoms with Crippen molar-refractivity contribution in [2.75, 3.05) is 6.61 Å². The van der Waals surface area contributed by atoms with Gasteiger partial charge in [0.05, 0.1) is 0 Å². The van der Waals surface area contributed by atoms with E-state index in [9.17, 15) is 0 Å². The summed E-state index contributed by atoms with van der Waals surface area (Å²) in [5.41, 5.74) is 0.990. The number of hydrogen-bond acceptors (Lipinski definition) is 1. The monoisotopic (exact) mass is 424 g/mol. The van der Waals surface area contributed by atoms with Crippen LogP contribution in [0.1, 0.15) is 155 Å². The van der Waals surface area contributed by atoms with Gasteiger partial charge in [0.2, 0.25) is 0 Å². The molecular formula is C27H56OSi. The molecule has 0 N–H and O–H groups in total. The standard InChI is InChI=1S/C27H56OSi/c1-3-5-7-9-10-11-12-13-14-15-16-18-20-24-27(23-19-17-8-6-4-2)29-26-22-21-25-28-29/h27,29H,3-26H2,1-2H3. The van der Waals surface area contributed by atoms with Crippen molar-refractivity contribution in [1.29, 1.82) is 0 Å². The lowest BCUT2D eigenvalue weighted by atomic mass is 10.0. The van der Waals surface area contributed by atoms with Gasteiger partial charge in [-0.25, -0.2) is 0 Å². The zero-order valence-electron chi connectivity index (χ0n) is 20.5. The Hall–Kier alpha value is 0.177. The van der Waals surface area contributed by atoms with Gasteiger partial charge >= 0.3 is 0 Å². The fourth-order valence-electron chi connectivity index (χ4n) is 5.09. The molecule has 2 unspecified atom stereocenters. The second-order valence-corrected chi connectivity index (χ2v) is 12.8. The maximum atomic E-state index is 6.32. The van der Waals surface area contributed by atoms with Gasteiger partial charge in [-0.15, -0.1) is 0 Å². The molecule has 1 saturated heterocycles. The Morgan fingerprint density at radius 2 is 0.966 bits per heavy atom. The third kappa shape index (κ3) is 16.5. The van der Waals surface area contributed by atoms with E-state index in [4.69, 9.17) is 4.43 Å². The van der Waals surface area contributed by atoms with E-state index in [1.807, 2.05) is 0 Å². The van der Waals surface area contributed by atoms with E-state index in [1.54, 1.807) is 0 Å². The minimum atomic E-state index is -0.889. The van der Waals surface area contributed by atoms with Gasteiger partial charge in [0, 0.05) is 6.61 Å². The summed E-state index contributed by atoms with van der Waals surface area (Å²) in [5.74, 6) is 0. The molecule has 0 spiro atoms. The number of hydrogen-bond donors (Lipinski definition) is 0. The van der Waals surface area contributed by atoms with Gasteiger partial charge in [-0.05, 0) is 18.0 Å². The highest BCUT2D eigenvalue weighted by atomic mass is 28.3. The molecule has 0 bridgehead atoms. The van der Waals surface area contributed by atoms with E-state index in [0.29, 0.717) is 0 Å². The summed E-state index contributed by atoms with van der Waals surface area (Å²) in [6, 6.07) is 1.47. The maximum Gasteiger partial charge on any atom is 0.179 e. The Morgan fingerprint density at radius 3 is 1.34 bits per heavy atom. The van der Waals surface area contributed by atoms with Crippen molar-refractivity contribution in [1.82, 2.24) is 0 Å². The second kappa shape index (κ2) is 21.4. The fourth-order valence-corrected chi connectivity index (χ4v) is 8.37. The average molecular weight is 425 g/mol. The van der Waals surface area contributed by atoms with Gasteiger partial charge in [0.15, 0.2) is 9.04 Å². The summed E-state index contributed by atoms with van der Waals surface area (Å²) in [6.07, 6.45) is 32.0. The Morgan fingerprint density at radius 1 is 0.552 bits per heavy atom. The van der Waals surface area contributed by atoms with Crippen LogP contribution in [0.5, 0.6) is 0 Å². The molecule has 1 rings (SSSR count). The quantitative estimate of drug-likeness (QED) is 0.131. The molecular weight excluding hydrogens is 368 g/mol. The second-order valence-electron chi connectivity index (χ2n) is 9.90. The van der Waals surface area contributed by atoms with Crippen molar-refractivity contribution < 1.29 is 4.43 Å². The normalized spacial score (nSPS) is 18.2.